The lowest BCUT2D eigenvalue weighted by atomic mass is 9.43. The molecule has 1 heterocycles. The second-order valence-electron chi connectivity index (χ2n) is 8.05. The van der Waals surface area contributed by atoms with Crippen molar-refractivity contribution in [2.75, 3.05) is 6.54 Å². The Bertz CT molecular complexity index is 704. The number of benzene rings is 1. The molecule has 3 atom stereocenters. The number of hydrogen-bond acceptors (Lipinski definition) is 1. The van der Waals surface area contributed by atoms with E-state index in [1.165, 1.54) is 11.1 Å². The van der Waals surface area contributed by atoms with Gasteiger partial charge in [0.2, 0.25) is 5.91 Å². The summed E-state index contributed by atoms with van der Waals surface area (Å²) in [5.41, 5.74) is 2.49. The third-order valence-electron chi connectivity index (χ3n) is 7.29. The van der Waals surface area contributed by atoms with Gasteiger partial charge in [0, 0.05) is 23.3 Å². The molecular formula is C19H22Br3NO. The summed E-state index contributed by atoms with van der Waals surface area (Å²) in [6, 6.07) is 8.52. The maximum atomic E-state index is 13.6. The van der Waals surface area contributed by atoms with Crippen LogP contribution in [0.1, 0.15) is 37.8 Å². The highest BCUT2D eigenvalue weighted by Gasteiger charge is 2.83. The number of alkyl halides is 3. The van der Waals surface area contributed by atoms with E-state index in [1.807, 2.05) is 0 Å². The Kier molecular flexibility index (Phi) is 4.06. The second-order valence-corrected chi connectivity index (χ2v) is 12.0. The highest BCUT2D eigenvalue weighted by atomic mass is 79.9. The van der Waals surface area contributed by atoms with Crippen LogP contribution < -0.4 is 0 Å². The summed E-state index contributed by atoms with van der Waals surface area (Å²) < 4.78 is 0.224. The molecule has 0 N–H and O–H groups in total. The van der Waals surface area contributed by atoms with Crippen molar-refractivity contribution in [1.82, 2.24) is 4.90 Å². The Labute approximate surface area is 169 Å². The van der Waals surface area contributed by atoms with Crippen LogP contribution in [-0.2, 0) is 17.8 Å². The molecule has 0 radical (unpaired) electrons. The molecule has 1 amide bonds. The highest BCUT2D eigenvalue weighted by Crippen LogP contribution is 2.82. The number of hydrogen-bond donors (Lipinski definition) is 0. The lowest BCUT2D eigenvalue weighted by molar-refractivity contribution is -0.173. The van der Waals surface area contributed by atoms with Gasteiger partial charge in [-0.05, 0) is 35.8 Å². The van der Waals surface area contributed by atoms with Crippen molar-refractivity contribution in [3.8, 4) is 0 Å². The standard InChI is InChI=1S/C19H22Br3NO/c1-17(2)18(15(21)22)8-9-19(17,14(18)20)16(24)23-10-7-12-5-3-4-6-13(12)11-23/h3-6,14-15H,7-11H2,1-2H3/t14-,18-,19-/m0/s1. The van der Waals surface area contributed by atoms with Gasteiger partial charge in [-0.2, -0.15) is 0 Å². The first-order valence-electron chi connectivity index (χ1n) is 8.57. The van der Waals surface area contributed by atoms with E-state index < -0.39 is 0 Å². The molecule has 2 bridgehead atoms. The van der Waals surface area contributed by atoms with Crippen LogP contribution in [0.4, 0.5) is 0 Å². The summed E-state index contributed by atoms with van der Waals surface area (Å²) in [4.78, 5) is 16.0. The quantitative estimate of drug-likeness (QED) is 0.488. The van der Waals surface area contributed by atoms with Crippen molar-refractivity contribution in [2.24, 2.45) is 16.2 Å². The zero-order chi connectivity index (χ0) is 17.3. The fraction of sp³-hybridized carbons (Fsp3) is 0.632. The fourth-order valence-electron chi connectivity index (χ4n) is 5.62. The van der Waals surface area contributed by atoms with Crippen molar-refractivity contribution >= 4 is 53.7 Å². The predicted octanol–water partition coefficient (Wildman–Crippen LogP) is 5.26. The Morgan fingerprint density at radius 3 is 2.46 bits per heavy atom. The minimum atomic E-state index is -0.279. The van der Waals surface area contributed by atoms with Crippen LogP contribution >= 0.6 is 47.8 Å². The van der Waals surface area contributed by atoms with Crippen LogP contribution in [0.15, 0.2) is 24.3 Å². The molecule has 1 aromatic rings. The van der Waals surface area contributed by atoms with Gasteiger partial charge in [-0.3, -0.25) is 4.79 Å². The molecule has 3 aliphatic carbocycles. The van der Waals surface area contributed by atoms with Crippen molar-refractivity contribution in [3.63, 3.8) is 0 Å². The van der Waals surface area contributed by atoms with E-state index in [9.17, 15) is 4.79 Å². The van der Waals surface area contributed by atoms with Gasteiger partial charge in [0.25, 0.3) is 0 Å². The van der Waals surface area contributed by atoms with Crippen molar-refractivity contribution < 1.29 is 4.79 Å². The summed E-state index contributed by atoms with van der Waals surface area (Å²) in [5, 5.41) is 0. The van der Waals surface area contributed by atoms with Gasteiger partial charge in [-0.1, -0.05) is 85.9 Å². The molecule has 1 aromatic carbocycles. The average Bonchev–Trinajstić information content (AvgIpc) is 3.03. The normalized spacial score (nSPS) is 36.4. The Morgan fingerprint density at radius 2 is 1.88 bits per heavy atom. The van der Waals surface area contributed by atoms with E-state index in [0.29, 0.717) is 5.91 Å². The maximum absolute atomic E-state index is 13.6. The van der Waals surface area contributed by atoms with E-state index in [1.54, 1.807) is 0 Å². The van der Waals surface area contributed by atoms with Gasteiger partial charge in [0.05, 0.1) is 9.15 Å². The van der Waals surface area contributed by atoms with Gasteiger partial charge < -0.3 is 4.90 Å². The molecule has 3 fully saturated rings. The van der Waals surface area contributed by atoms with Crippen LogP contribution in [0, 0.1) is 16.2 Å². The summed E-state index contributed by atoms with van der Waals surface area (Å²) in [6.07, 6.45) is 3.02. The smallest absolute Gasteiger partial charge is 0.230 e. The van der Waals surface area contributed by atoms with Crippen LogP contribution in [-0.4, -0.2) is 25.9 Å². The SMILES string of the molecule is CC1(C)[C@@]2(C(=O)N3CCc4ccccc4C3)CC[C@@]1(C(Br)Br)[C@@H]2Br. The minimum Gasteiger partial charge on any atom is -0.337 e. The van der Waals surface area contributed by atoms with E-state index >= 15 is 0 Å². The largest absolute Gasteiger partial charge is 0.337 e. The van der Waals surface area contributed by atoms with Gasteiger partial charge in [-0.25, -0.2) is 0 Å². The molecular weight excluding hydrogens is 498 g/mol. The first kappa shape index (κ1) is 17.5. The lowest BCUT2D eigenvalue weighted by Gasteiger charge is -2.66. The molecule has 3 saturated carbocycles. The lowest BCUT2D eigenvalue weighted by Crippen LogP contribution is -2.72. The van der Waals surface area contributed by atoms with Crippen molar-refractivity contribution in [3.05, 3.63) is 35.4 Å². The third-order valence-corrected chi connectivity index (χ3v) is 10.5. The third kappa shape index (κ3) is 1.85. The number of fused-ring (bicyclic) bond motifs is 2. The summed E-state index contributed by atoms with van der Waals surface area (Å²) in [5.74, 6) is 0.345. The molecule has 2 nitrogen and oxygen atoms in total. The Hall–Kier alpha value is 0.130. The molecule has 0 saturated heterocycles. The number of carbonyl (C=O) groups is 1. The first-order valence-corrected chi connectivity index (χ1v) is 11.3. The van der Waals surface area contributed by atoms with Crippen LogP contribution in [0.2, 0.25) is 0 Å². The van der Waals surface area contributed by atoms with E-state index in [-0.39, 0.29) is 24.8 Å². The summed E-state index contributed by atoms with van der Waals surface area (Å²) >= 11 is 11.5. The fourth-order valence-corrected chi connectivity index (χ4v) is 10.5. The summed E-state index contributed by atoms with van der Waals surface area (Å²) in [7, 11) is 0. The molecule has 1 aliphatic heterocycles. The molecule has 5 rings (SSSR count). The van der Waals surface area contributed by atoms with Crippen molar-refractivity contribution in [1.29, 1.82) is 0 Å². The second kappa shape index (κ2) is 5.56. The Balaban J connectivity index is 1.65. The number of carbonyl (C=O) groups excluding carboxylic acids is 1. The van der Waals surface area contributed by atoms with Gasteiger partial charge in [-0.15, -0.1) is 0 Å². The number of amides is 1. The van der Waals surface area contributed by atoms with E-state index in [2.05, 4.69) is 90.8 Å². The number of rotatable bonds is 2. The number of nitrogens with zero attached hydrogens (tertiary/aromatic N) is 1. The maximum Gasteiger partial charge on any atom is 0.230 e. The first-order chi connectivity index (χ1) is 11.3. The molecule has 0 aromatic heterocycles. The van der Waals surface area contributed by atoms with Crippen LogP contribution in [0.5, 0.6) is 0 Å². The zero-order valence-corrected chi connectivity index (χ0v) is 18.7. The van der Waals surface area contributed by atoms with Gasteiger partial charge in [0.1, 0.15) is 0 Å². The van der Waals surface area contributed by atoms with E-state index in [4.69, 9.17) is 0 Å². The van der Waals surface area contributed by atoms with Crippen molar-refractivity contribution in [2.45, 2.75) is 48.2 Å². The summed E-state index contributed by atoms with van der Waals surface area (Å²) in [6.45, 7) is 6.16. The Morgan fingerprint density at radius 1 is 1.21 bits per heavy atom. The topological polar surface area (TPSA) is 20.3 Å². The van der Waals surface area contributed by atoms with Crippen LogP contribution in [0.3, 0.4) is 0 Å². The molecule has 24 heavy (non-hydrogen) atoms. The monoisotopic (exact) mass is 517 g/mol. The average molecular weight is 520 g/mol. The van der Waals surface area contributed by atoms with E-state index in [0.717, 1.165) is 32.4 Å². The molecule has 4 aliphatic rings. The predicted molar refractivity (Wildman–Crippen MR) is 108 cm³/mol. The number of halogens is 3. The minimum absolute atomic E-state index is 0.0279. The molecule has 0 spiro atoms. The zero-order valence-electron chi connectivity index (χ0n) is 14.0. The molecule has 130 valence electrons. The molecule has 5 heteroatoms. The highest BCUT2D eigenvalue weighted by molar-refractivity contribution is 9.24. The van der Waals surface area contributed by atoms with Crippen LogP contribution in [0.25, 0.3) is 0 Å². The van der Waals surface area contributed by atoms with Gasteiger partial charge >= 0.3 is 0 Å². The molecule has 0 unspecified atom stereocenters. The van der Waals surface area contributed by atoms with Gasteiger partial charge in [0.15, 0.2) is 0 Å².